The molecule has 0 radical (unpaired) electrons. The van der Waals surface area contributed by atoms with Gasteiger partial charge in [0.25, 0.3) is 0 Å². The molecule has 1 rings (SSSR count). The molecule has 0 spiro atoms. The summed E-state index contributed by atoms with van der Waals surface area (Å²) in [5.74, 6) is 0.502. The molecule has 0 aromatic heterocycles. The maximum atomic E-state index is 8.54. The quantitative estimate of drug-likeness (QED) is 0.411. The van der Waals surface area contributed by atoms with Gasteiger partial charge in [0.15, 0.2) is 0 Å². The van der Waals surface area contributed by atoms with Crippen LogP contribution in [0.15, 0.2) is 4.99 Å². The minimum Gasteiger partial charge on any atom is -0.386 e. The number of hydrogen-bond donors (Lipinski definition) is 2. The second-order valence-corrected chi connectivity index (χ2v) is 1.46. The number of hydrogen-bond acceptors (Lipinski definition) is 4. The lowest BCUT2D eigenvalue weighted by Gasteiger charge is -1.98. The normalized spacial score (nSPS) is 22.7. The van der Waals surface area contributed by atoms with Crippen molar-refractivity contribution in [2.24, 2.45) is 10.7 Å². The van der Waals surface area contributed by atoms with E-state index in [2.05, 4.69) is 4.99 Å². The van der Waals surface area contributed by atoms with Crippen LogP contribution in [0.2, 0.25) is 0 Å². The van der Waals surface area contributed by atoms with Crippen LogP contribution in [0.4, 0.5) is 0 Å². The van der Waals surface area contributed by atoms with E-state index < -0.39 is 0 Å². The Hall–Kier alpha value is -0.610. The molecule has 0 bridgehead atoms. The summed E-state index contributed by atoms with van der Waals surface area (Å²) in [7, 11) is 0. The van der Waals surface area contributed by atoms with E-state index in [1.165, 1.54) is 0 Å². The molecule has 0 amide bonds. The maximum Gasteiger partial charge on any atom is 0.117 e. The van der Waals surface area contributed by atoms with Crippen LogP contribution < -0.4 is 5.73 Å². The zero-order chi connectivity index (χ0) is 5.28. The van der Waals surface area contributed by atoms with E-state index in [0.717, 1.165) is 5.06 Å². The fourth-order valence-corrected chi connectivity index (χ4v) is 0.459. The summed E-state index contributed by atoms with van der Waals surface area (Å²) in [6, 6.07) is 0. The van der Waals surface area contributed by atoms with Gasteiger partial charge in [-0.2, -0.15) is 5.06 Å². The van der Waals surface area contributed by atoms with Crippen molar-refractivity contribution in [3.05, 3.63) is 0 Å². The Kier molecular flexibility index (Phi) is 0.958. The summed E-state index contributed by atoms with van der Waals surface area (Å²) >= 11 is 0. The van der Waals surface area contributed by atoms with Crippen molar-refractivity contribution in [2.45, 2.75) is 0 Å². The lowest BCUT2D eigenvalue weighted by molar-refractivity contribution is -0.0657. The molecule has 0 saturated carbocycles. The number of nitrogens with zero attached hydrogens (tertiary/aromatic N) is 2. The summed E-state index contributed by atoms with van der Waals surface area (Å²) < 4.78 is 0. The van der Waals surface area contributed by atoms with E-state index in [4.69, 9.17) is 10.9 Å². The van der Waals surface area contributed by atoms with E-state index in [9.17, 15) is 0 Å². The second kappa shape index (κ2) is 1.48. The highest BCUT2D eigenvalue weighted by Crippen LogP contribution is 1.89. The van der Waals surface area contributed by atoms with Crippen LogP contribution >= 0.6 is 0 Å². The predicted octanol–water partition coefficient (Wildman–Crippen LogP) is -0.994. The van der Waals surface area contributed by atoms with Gasteiger partial charge in [-0.25, -0.2) is 0 Å². The lowest BCUT2D eigenvalue weighted by Crippen LogP contribution is -2.22. The molecule has 0 unspecified atom stereocenters. The molecule has 1 heterocycles. The molecule has 4 nitrogen and oxygen atoms in total. The van der Waals surface area contributed by atoms with Gasteiger partial charge < -0.3 is 10.9 Å². The average Bonchev–Trinajstić information content (AvgIpc) is 1.87. The van der Waals surface area contributed by atoms with Crippen molar-refractivity contribution < 1.29 is 5.21 Å². The molecular weight excluding hydrogens is 94.1 g/mol. The fourth-order valence-electron chi connectivity index (χ4n) is 0.459. The Balaban J connectivity index is 2.42. The van der Waals surface area contributed by atoms with Crippen LogP contribution in [0.1, 0.15) is 0 Å². The van der Waals surface area contributed by atoms with E-state index in [1.807, 2.05) is 0 Å². The van der Waals surface area contributed by atoms with Crippen LogP contribution in [-0.4, -0.2) is 29.3 Å². The molecule has 0 aliphatic carbocycles. The van der Waals surface area contributed by atoms with E-state index in [0.29, 0.717) is 19.0 Å². The number of nitrogens with two attached hydrogens (primary N) is 1. The highest BCUT2D eigenvalue weighted by atomic mass is 16.5. The molecule has 3 N–H and O–H groups in total. The van der Waals surface area contributed by atoms with E-state index in [-0.39, 0.29) is 0 Å². The second-order valence-electron chi connectivity index (χ2n) is 1.46. The van der Waals surface area contributed by atoms with Crippen LogP contribution in [0.3, 0.4) is 0 Å². The van der Waals surface area contributed by atoms with Gasteiger partial charge >= 0.3 is 0 Å². The third kappa shape index (κ3) is 0.880. The third-order valence-corrected chi connectivity index (χ3v) is 0.782. The van der Waals surface area contributed by atoms with Crippen LogP contribution in [-0.2, 0) is 0 Å². The average molecular weight is 101 g/mol. The lowest BCUT2D eigenvalue weighted by atomic mass is 10.6. The third-order valence-electron chi connectivity index (χ3n) is 0.782. The van der Waals surface area contributed by atoms with Crippen molar-refractivity contribution in [3.8, 4) is 0 Å². The molecule has 1 aliphatic rings. The summed E-state index contributed by atoms with van der Waals surface area (Å²) in [6.45, 7) is 0.714. The van der Waals surface area contributed by atoms with Gasteiger partial charge in [0.2, 0.25) is 0 Å². The topological polar surface area (TPSA) is 61.8 Å². The highest BCUT2D eigenvalue weighted by Gasteiger charge is 2.07. The van der Waals surface area contributed by atoms with Crippen molar-refractivity contribution in [3.63, 3.8) is 0 Å². The van der Waals surface area contributed by atoms with Crippen molar-refractivity contribution in [2.75, 3.05) is 13.2 Å². The molecule has 0 atom stereocenters. The van der Waals surface area contributed by atoms with Crippen LogP contribution in [0, 0.1) is 0 Å². The Morgan fingerprint density at radius 1 is 1.86 bits per heavy atom. The van der Waals surface area contributed by atoms with Crippen LogP contribution in [0.25, 0.3) is 0 Å². The van der Waals surface area contributed by atoms with E-state index >= 15 is 0 Å². The maximum absolute atomic E-state index is 8.54. The van der Waals surface area contributed by atoms with Crippen LogP contribution in [0.5, 0.6) is 0 Å². The first-order chi connectivity index (χ1) is 3.29. The number of hydroxylamine groups is 2. The van der Waals surface area contributed by atoms with Crippen molar-refractivity contribution in [1.82, 2.24) is 5.06 Å². The molecule has 0 saturated heterocycles. The van der Waals surface area contributed by atoms with Gasteiger partial charge in [0.05, 0.1) is 6.54 Å². The molecular formula is C3H7N3O. The summed E-state index contributed by atoms with van der Waals surface area (Å²) in [6.07, 6.45) is 0. The summed E-state index contributed by atoms with van der Waals surface area (Å²) in [4.78, 5) is 3.69. The zero-order valence-corrected chi connectivity index (χ0v) is 3.83. The standard InChI is InChI=1S/C3H7N3O/c4-3-1-6(7)2-5-3/h7H,1-2H2,(H2,4,5). The van der Waals surface area contributed by atoms with Gasteiger partial charge in [-0.05, 0) is 0 Å². The first-order valence-corrected chi connectivity index (χ1v) is 2.01. The predicted molar refractivity (Wildman–Crippen MR) is 25.0 cm³/mol. The largest absolute Gasteiger partial charge is 0.386 e. The number of aliphatic imine (C=N–C) groups is 1. The SMILES string of the molecule is NC1=NCN(O)C1. The minimum atomic E-state index is 0.325. The van der Waals surface area contributed by atoms with Gasteiger partial charge in [-0.3, -0.25) is 4.99 Å². The Bertz CT molecular complexity index is 100. The molecule has 1 aliphatic heterocycles. The van der Waals surface area contributed by atoms with Crippen molar-refractivity contribution >= 4 is 5.84 Å². The molecule has 0 fully saturated rings. The molecule has 40 valence electrons. The first-order valence-electron chi connectivity index (χ1n) is 2.01. The monoisotopic (exact) mass is 101 g/mol. The number of rotatable bonds is 0. The van der Waals surface area contributed by atoms with Gasteiger partial charge in [-0.15, -0.1) is 0 Å². The Labute approximate surface area is 41.2 Å². The number of amidine groups is 1. The van der Waals surface area contributed by atoms with E-state index in [1.54, 1.807) is 0 Å². The first kappa shape index (κ1) is 4.55. The Morgan fingerprint density at radius 2 is 2.57 bits per heavy atom. The minimum absolute atomic E-state index is 0.325. The zero-order valence-electron chi connectivity index (χ0n) is 3.83. The van der Waals surface area contributed by atoms with Gasteiger partial charge in [0, 0.05) is 0 Å². The van der Waals surface area contributed by atoms with Gasteiger partial charge in [-0.1, -0.05) is 0 Å². The molecule has 7 heavy (non-hydrogen) atoms. The Morgan fingerprint density at radius 3 is 2.71 bits per heavy atom. The fraction of sp³-hybridized carbons (Fsp3) is 0.667. The van der Waals surface area contributed by atoms with Crippen molar-refractivity contribution in [1.29, 1.82) is 0 Å². The summed E-state index contributed by atoms with van der Waals surface area (Å²) in [5, 5.41) is 9.59. The molecule has 4 heteroatoms. The molecule has 0 aromatic rings. The highest BCUT2D eigenvalue weighted by molar-refractivity contribution is 5.83. The smallest absolute Gasteiger partial charge is 0.117 e. The summed E-state index contributed by atoms with van der Waals surface area (Å²) in [5.41, 5.74) is 5.17. The molecule has 0 aromatic carbocycles. The van der Waals surface area contributed by atoms with Gasteiger partial charge in [0.1, 0.15) is 12.5 Å².